The van der Waals surface area contributed by atoms with Crippen molar-refractivity contribution in [3.8, 4) is 17.1 Å². The summed E-state index contributed by atoms with van der Waals surface area (Å²) in [6.45, 7) is 13.1. The first-order valence-corrected chi connectivity index (χ1v) is 17.8. The number of hydrogen-bond donors (Lipinski definition) is 1. The van der Waals surface area contributed by atoms with E-state index in [0.717, 1.165) is 67.5 Å². The highest BCUT2D eigenvalue weighted by Crippen LogP contribution is 2.49. The standard InChI is InChI=1S/C36H50N4O4S/c1-24(2)18-28-23-44-33-20-32(34-25(3)10-8-11-26(34)4)37-35(38-33)39-45(41,42)30-13-9-12-27(19-30)31(28)14-15-36(5)21-29(22-36)40(6)16-17-43-7/h8-13,19-20,24,28-29,31H,14-18,21-23H2,1-7H3,(H,37,38,39)/t28-,29-,31?,36-/m1/s1. The number of aryl methyl sites for hydroxylation is 2. The summed E-state index contributed by atoms with van der Waals surface area (Å²) >= 11 is 0. The number of ether oxygens (including phenoxy) is 2. The topological polar surface area (TPSA) is 93.7 Å². The molecule has 0 radical (unpaired) electrons. The molecule has 9 heteroatoms. The van der Waals surface area contributed by atoms with Crippen LogP contribution >= 0.6 is 0 Å². The highest BCUT2D eigenvalue weighted by atomic mass is 32.2. The maximum absolute atomic E-state index is 13.7. The second-order valence-electron chi connectivity index (χ2n) is 14.1. The number of nitrogens with zero attached hydrogens (tertiary/aromatic N) is 3. The molecule has 2 aromatic carbocycles. The van der Waals surface area contributed by atoms with Gasteiger partial charge in [0.1, 0.15) is 0 Å². The molecule has 0 saturated heterocycles. The van der Waals surface area contributed by atoms with Crippen LogP contribution in [0.4, 0.5) is 5.95 Å². The molecule has 244 valence electrons. The third-order valence-corrected chi connectivity index (χ3v) is 11.2. The summed E-state index contributed by atoms with van der Waals surface area (Å²) in [5.41, 5.74) is 5.00. The fraction of sp³-hybridized carbons (Fsp3) is 0.556. The molecule has 0 spiro atoms. The molecule has 3 aromatic rings. The lowest BCUT2D eigenvalue weighted by Crippen LogP contribution is -2.49. The van der Waals surface area contributed by atoms with Gasteiger partial charge in [-0.3, -0.25) is 0 Å². The zero-order valence-electron chi connectivity index (χ0n) is 28.0. The summed E-state index contributed by atoms with van der Waals surface area (Å²) in [5, 5.41) is 0. The SMILES string of the molecule is COCCN(C)[C@H]1C[C@](C)(CCC2c3cccc(c3)S(=O)(=O)Nc3nc(cc(-c4c(C)cccc4C)n3)OC[C@H]2CC(C)C)C1. The Labute approximate surface area is 270 Å². The normalized spacial score (nSPS) is 24.2. The smallest absolute Gasteiger partial charge is 0.264 e. The van der Waals surface area contributed by atoms with Crippen LogP contribution in [0.25, 0.3) is 11.3 Å². The van der Waals surface area contributed by atoms with E-state index >= 15 is 0 Å². The highest BCUT2D eigenvalue weighted by molar-refractivity contribution is 7.92. The van der Waals surface area contributed by atoms with Crippen molar-refractivity contribution >= 4 is 16.0 Å². The van der Waals surface area contributed by atoms with Crippen LogP contribution in [0.3, 0.4) is 0 Å². The van der Waals surface area contributed by atoms with Gasteiger partial charge in [-0.15, -0.1) is 0 Å². The number of rotatable bonds is 10. The van der Waals surface area contributed by atoms with Crippen molar-refractivity contribution in [3.05, 3.63) is 65.2 Å². The molecule has 0 amide bonds. The van der Waals surface area contributed by atoms with Crippen molar-refractivity contribution in [3.63, 3.8) is 0 Å². The number of sulfonamides is 1. The summed E-state index contributed by atoms with van der Waals surface area (Å²) < 4.78 is 41.9. The number of fused-ring (bicyclic) bond motifs is 4. The van der Waals surface area contributed by atoms with Crippen LogP contribution in [0.1, 0.15) is 75.5 Å². The number of likely N-dealkylation sites (N-methyl/N-ethyl adjacent to an activating group) is 1. The van der Waals surface area contributed by atoms with Gasteiger partial charge in [-0.25, -0.2) is 18.1 Å². The lowest BCUT2D eigenvalue weighted by Gasteiger charge is -2.50. The first kappa shape index (κ1) is 33.4. The zero-order valence-corrected chi connectivity index (χ0v) is 28.8. The Morgan fingerprint density at radius 2 is 1.80 bits per heavy atom. The lowest BCUT2D eigenvalue weighted by molar-refractivity contribution is 0.00614. The first-order chi connectivity index (χ1) is 21.4. The van der Waals surface area contributed by atoms with Gasteiger partial charge in [0.05, 0.1) is 23.8 Å². The third-order valence-electron chi connectivity index (χ3n) is 9.84. The second kappa shape index (κ2) is 13.8. The fourth-order valence-corrected chi connectivity index (χ4v) is 8.32. The largest absolute Gasteiger partial charge is 0.477 e. The Balaban J connectivity index is 1.48. The van der Waals surface area contributed by atoms with E-state index in [1.807, 2.05) is 50.2 Å². The molecule has 1 fully saturated rings. The van der Waals surface area contributed by atoms with E-state index in [2.05, 4.69) is 53.5 Å². The number of benzene rings is 2. The predicted molar refractivity (Wildman–Crippen MR) is 180 cm³/mol. The van der Waals surface area contributed by atoms with Crippen LogP contribution in [0.2, 0.25) is 0 Å². The molecular formula is C36H50N4O4S. The molecule has 1 aliphatic carbocycles. The van der Waals surface area contributed by atoms with Crippen LogP contribution in [-0.4, -0.2) is 63.2 Å². The van der Waals surface area contributed by atoms with Crippen molar-refractivity contribution in [1.29, 1.82) is 0 Å². The fourth-order valence-electron chi connectivity index (χ4n) is 7.32. The monoisotopic (exact) mass is 634 g/mol. The van der Waals surface area contributed by atoms with Crippen LogP contribution in [0.15, 0.2) is 53.4 Å². The van der Waals surface area contributed by atoms with E-state index in [1.54, 1.807) is 13.2 Å². The zero-order chi connectivity index (χ0) is 32.4. The summed E-state index contributed by atoms with van der Waals surface area (Å²) in [5.74, 6) is 1.16. The van der Waals surface area contributed by atoms with Gasteiger partial charge >= 0.3 is 0 Å². The van der Waals surface area contributed by atoms with Gasteiger partial charge in [0.2, 0.25) is 11.8 Å². The Hall–Kier alpha value is -3.01. The summed E-state index contributed by atoms with van der Waals surface area (Å²) in [4.78, 5) is 11.8. The summed E-state index contributed by atoms with van der Waals surface area (Å²) in [7, 11) is 0.00618. The number of hydrogen-bond acceptors (Lipinski definition) is 7. The van der Waals surface area contributed by atoms with Crippen molar-refractivity contribution in [2.24, 2.45) is 17.3 Å². The molecule has 1 aliphatic heterocycles. The molecular weight excluding hydrogens is 584 g/mol. The van der Waals surface area contributed by atoms with Gasteiger partial charge in [-0.2, -0.15) is 4.98 Å². The maximum atomic E-state index is 13.7. The van der Waals surface area contributed by atoms with E-state index in [1.165, 1.54) is 0 Å². The van der Waals surface area contributed by atoms with E-state index in [9.17, 15) is 8.42 Å². The average Bonchev–Trinajstić information content (AvgIpc) is 2.96. The lowest BCUT2D eigenvalue weighted by atomic mass is 9.62. The highest BCUT2D eigenvalue weighted by Gasteiger charge is 2.42. The molecule has 8 nitrogen and oxygen atoms in total. The second-order valence-corrected chi connectivity index (χ2v) is 15.7. The molecule has 2 heterocycles. The van der Waals surface area contributed by atoms with Crippen LogP contribution in [0, 0.1) is 31.1 Å². The van der Waals surface area contributed by atoms with Crippen molar-refractivity contribution in [2.75, 3.05) is 38.6 Å². The van der Waals surface area contributed by atoms with E-state index < -0.39 is 10.0 Å². The molecule has 1 aromatic heterocycles. The van der Waals surface area contributed by atoms with Crippen molar-refractivity contribution < 1.29 is 17.9 Å². The van der Waals surface area contributed by atoms with Crippen LogP contribution < -0.4 is 9.46 Å². The predicted octanol–water partition coefficient (Wildman–Crippen LogP) is 7.23. The molecule has 2 atom stereocenters. The molecule has 1 N–H and O–H groups in total. The quantitative estimate of drug-likeness (QED) is 0.252. The van der Waals surface area contributed by atoms with Crippen molar-refractivity contribution in [1.82, 2.24) is 14.9 Å². The molecule has 45 heavy (non-hydrogen) atoms. The van der Waals surface area contributed by atoms with Gasteiger partial charge in [0, 0.05) is 37.2 Å². The van der Waals surface area contributed by atoms with E-state index in [-0.39, 0.29) is 28.1 Å². The third kappa shape index (κ3) is 7.87. The Morgan fingerprint density at radius 1 is 1.09 bits per heavy atom. The average molecular weight is 635 g/mol. The molecule has 2 aliphatic rings. The van der Waals surface area contributed by atoms with Crippen LogP contribution in [0.5, 0.6) is 5.88 Å². The maximum Gasteiger partial charge on any atom is 0.264 e. The summed E-state index contributed by atoms with van der Waals surface area (Å²) in [6.07, 6.45) is 5.32. The minimum absolute atomic E-state index is 0.0102. The summed E-state index contributed by atoms with van der Waals surface area (Å²) in [6, 6.07) is 16.0. The van der Waals surface area contributed by atoms with Gasteiger partial charge in [-0.05, 0) is 99.1 Å². The van der Waals surface area contributed by atoms with Gasteiger partial charge in [0.25, 0.3) is 10.0 Å². The number of anilines is 1. The van der Waals surface area contributed by atoms with Crippen molar-refractivity contribution in [2.45, 2.75) is 83.6 Å². The van der Waals surface area contributed by atoms with Crippen LogP contribution in [-0.2, 0) is 14.8 Å². The van der Waals surface area contributed by atoms with E-state index in [4.69, 9.17) is 9.47 Å². The molecule has 4 bridgehead atoms. The number of aromatic nitrogens is 2. The van der Waals surface area contributed by atoms with Gasteiger partial charge < -0.3 is 14.4 Å². The van der Waals surface area contributed by atoms with E-state index in [0.29, 0.717) is 30.1 Å². The Kier molecular flexibility index (Phi) is 10.2. The number of methoxy groups -OCH3 is 1. The minimum atomic E-state index is -3.94. The first-order valence-electron chi connectivity index (χ1n) is 16.3. The Morgan fingerprint density at radius 3 is 2.49 bits per heavy atom. The van der Waals surface area contributed by atoms with Gasteiger partial charge in [0.15, 0.2) is 0 Å². The Bertz CT molecular complexity index is 1570. The molecule has 5 rings (SSSR count). The minimum Gasteiger partial charge on any atom is -0.477 e. The number of nitrogens with one attached hydrogen (secondary N) is 1. The van der Waals surface area contributed by atoms with Gasteiger partial charge in [-0.1, -0.05) is 51.1 Å². The molecule has 1 saturated carbocycles. The molecule has 1 unspecified atom stereocenters.